The van der Waals surface area contributed by atoms with E-state index in [1.807, 2.05) is 30.5 Å². The summed E-state index contributed by atoms with van der Waals surface area (Å²) in [5, 5.41) is 4.01. The Morgan fingerprint density at radius 3 is 2.48 bits per heavy atom. The van der Waals surface area contributed by atoms with Gasteiger partial charge in [0, 0.05) is 49.2 Å². The van der Waals surface area contributed by atoms with Crippen molar-refractivity contribution in [2.45, 2.75) is 4.90 Å². The Bertz CT molecular complexity index is 746. The van der Waals surface area contributed by atoms with Crippen LogP contribution in [0.3, 0.4) is 0 Å². The van der Waals surface area contributed by atoms with Gasteiger partial charge in [-0.1, -0.05) is 29.3 Å². The van der Waals surface area contributed by atoms with Crippen LogP contribution in [-0.2, 0) is 0 Å². The number of benzene rings is 1. The molecule has 0 bridgehead atoms. The Labute approximate surface area is 161 Å². The molecule has 3 rings (SSSR count). The first-order valence-electron chi connectivity index (χ1n) is 7.82. The van der Waals surface area contributed by atoms with E-state index in [0.717, 1.165) is 16.3 Å². The molecule has 1 N–H and O–H groups in total. The van der Waals surface area contributed by atoms with Crippen LogP contribution >= 0.6 is 35.0 Å². The zero-order valence-corrected chi connectivity index (χ0v) is 16.0. The lowest BCUT2D eigenvalue weighted by Gasteiger charge is -2.36. The van der Waals surface area contributed by atoms with Crippen molar-refractivity contribution in [2.75, 3.05) is 42.7 Å². The lowest BCUT2D eigenvalue weighted by atomic mass is 10.2. The molecule has 2 heterocycles. The summed E-state index contributed by atoms with van der Waals surface area (Å²) >= 11 is 14.1. The Balaban J connectivity index is 1.61. The summed E-state index contributed by atoms with van der Waals surface area (Å²) in [6.07, 6.45) is 5.18. The number of hydrogen-bond donors (Lipinski definition) is 1. The summed E-state index contributed by atoms with van der Waals surface area (Å²) in [6, 6.07) is 7.72. The van der Waals surface area contributed by atoms with Crippen molar-refractivity contribution in [3.05, 3.63) is 46.7 Å². The number of hydrogen-bond acceptors (Lipinski definition) is 4. The summed E-state index contributed by atoms with van der Waals surface area (Å²) in [5.74, 6) is 0. The number of aromatic nitrogens is 1. The van der Waals surface area contributed by atoms with Crippen LogP contribution in [0.4, 0.5) is 16.2 Å². The highest BCUT2D eigenvalue weighted by Gasteiger charge is 2.24. The first-order valence-corrected chi connectivity index (χ1v) is 9.80. The number of pyridine rings is 1. The van der Waals surface area contributed by atoms with E-state index in [1.54, 1.807) is 29.1 Å². The van der Waals surface area contributed by atoms with Gasteiger partial charge in [0.05, 0.1) is 15.7 Å². The van der Waals surface area contributed by atoms with Crippen LogP contribution in [0.5, 0.6) is 0 Å². The third-order valence-corrected chi connectivity index (χ3v) is 5.31. The van der Waals surface area contributed by atoms with Crippen LogP contribution in [0.25, 0.3) is 0 Å². The van der Waals surface area contributed by atoms with Gasteiger partial charge in [0.2, 0.25) is 0 Å². The van der Waals surface area contributed by atoms with Crippen LogP contribution in [0.1, 0.15) is 0 Å². The van der Waals surface area contributed by atoms with E-state index in [0.29, 0.717) is 36.2 Å². The molecule has 1 aliphatic rings. The average molecular weight is 397 g/mol. The minimum absolute atomic E-state index is 0.0928. The van der Waals surface area contributed by atoms with E-state index < -0.39 is 0 Å². The van der Waals surface area contributed by atoms with Gasteiger partial charge in [0.25, 0.3) is 0 Å². The molecular formula is C17H18Cl2N4OS. The molecule has 2 aromatic rings. The predicted molar refractivity (Wildman–Crippen MR) is 105 cm³/mol. The third kappa shape index (κ3) is 4.32. The van der Waals surface area contributed by atoms with Gasteiger partial charge < -0.3 is 15.1 Å². The van der Waals surface area contributed by atoms with E-state index in [9.17, 15) is 4.79 Å². The lowest BCUT2D eigenvalue weighted by molar-refractivity contribution is 0.208. The summed E-state index contributed by atoms with van der Waals surface area (Å²) in [5.41, 5.74) is 1.59. The van der Waals surface area contributed by atoms with Gasteiger partial charge in [-0.15, -0.1) is 11.8 Å². The molecule has 1 aliphatic heterocycles. The smallest absolute Gasteiger partial charge is 0.321 e. The highest BCUT2D eigenvalue weighted by molar-refractivity contribution is 7.98. The third-order valence-electron chi connectivity index (χ3n) is 4.03. The number of nitrogens with one attached hydrogen (secondary N) is 1. The second-order valence-electron chi connectivity index (χ2n) is 5.59. The number of nitrogens with zero attached hydrogens (tertiary/aromatic N) is 3. The van der Waals surface area contributed by atoms with Crippen molar-refractivity contribution in [3.8, 4) is 0 Å². The quantitative estimate of drug-likeness (QED) is 0.777. The average Bonchev–Trinajstić information content (AvgIpc) is 2.62. The number of rotatable bonds is 3. The lowest BCUT2D eigenvalue weighted by Crippen LogP contribution is -2.50. The number of carbonyl (C=O) groups excluding carboxylic acids is 1. The van der Waals surface area contributed by atoms with Gasteiger partial charge in [0.15, 0.2) is 0 Å². The largest absolute Gasteiger partial charge is 0.365 e. The number of amides is 2. The van der Waals surface area contributed by atoms with E-state index >= 15 is 0 Å². The second kappa shape index (κ2) is 8.17. The van der Waals surface area contributed by atoms with Crippen molar-refractivity contribution in [1.29, 1.82) is 0 Å². The van der Waals surface area contributed by atoms with E-state index in [4.69, 9.17) is 23.2 Å². The highest BCUT2D eigenvalue weighted by Crippen LogP contribution is 2.33. The topological polar surface area (TPSA) is 48.5 Å². The molecule has 0 atom stereocenters. The van der Waals surface area contributed by atoms with Crippen LogP contribution in [0.2, 0.25) is 10.0 Å². The van der Waals surface area contributed by atoms with E-state index in [1.165, 1.54) is 0 Å². The van der Waals surface area contributed by atoms with Gasteiger partial charge >= 0.3 is 6.03 Å². The molecule has 1 aromatic carbocycles. The molecule has 0 saturated carbocycles. The number of carbonyl (C=O) groups is 1. The maximum Gasteiger partial charge on any atom is 0.321 e. The first kappa shape index (κ1) is 18.2. The van der Waals surface area contributed by atoms with Gasteiger partial charge in [-0.3, -0.25) is 4.98 Å². The minimum atomic E-state index is -0.0928. The van der Waals surface area contributed by atoms with Crippen LogP contribution in [0.15, 0.2) is 41.6 Å². The Kier molecular flexibility index (Phi) is 5.93. The van der Waals surface area contributed by atoms with Crippen molar-refractivity contribution in [1.82, 2.24) is 9.88 Å². The number of piperazine rings is 1. The molecule has 1 fully saturated rings. The molecule has 0 unspecified atom stereocenters. The fraction of sp³-hybridized carbons (Fsp3) is 0.294. The maximum atomic E-state index is 12.5. The summed E-state index contributed by atoms with van der Waals surface area (Å²) in [7, 11) is 0. The van der Waals surface area contributed by atoms with Gasteiger partial charge in [-0.25, -0.2) is 4.79 Å². The molecule has 0 aliphatic carbocycles. The van der Waals surface area contributed by atoms with Crippen molar-refractivity contribution < 1.29 is 4.79 Å². The molecule has 0 spiro atoms. The van der Waals surface area contributed by atoms with Crippen LogP contribution in [-0.4, -0.2) is 48.3 Å². The SMILES string of the molecule is CSc1cccc(NC(=O)N2CCN(c3c(Cl)cncc3Cl)CC2)c1. The normalized spacial score (nSPS) is 14.5. The second-order valence-corrected chi connectivity index (χ2v) is 7.28. The van der Waals surface area contributed by atoms with E-state index in [-0.39, 0.29) is 6.03 Å². The first-order chi connectivity index (χ1) is 12.1. The monoisotopic (exact) mass is 396 g/mol. The molecule has 25 heavy (non-hydrogen) atoms. The van der Waals surface area contributed by atoms with Crippen molar-refractivity contribution >= 4 is 52.4 Å². The molecule has 1 aromatic heterocycles. The maximum absolute atomic E-state index is 12.5. The fourth-order valence-corrected chi connectivity index (χ4v) is 3.81. The van der Waals surface area contributed by atoms with Gasteiger partial charge in [-0.05, 0) is 24.5 Å². The number of thioether (sulfide) groups is 1. The number of halogens is 2. The molecule has 1 saturated heterocycles. The Hall–Kier alpha value is -1.63. The van der Waals surface area contributed by atoms with Gasteiger partial charge in [-0.2, -0.15) is 0 Å². The van der Waals surface area contributed by atoms with Crippen LogP contribution < -0.4 is 10.2 Å². The molecule has 2 amide bonds. The summed E-state index contributed by atoms with van der Waals surface area (Å²) in [6.45, 7) is 2.54. The summed E-state index contributed by atoms with van der Waals surface area (Å²) < 4.78 is 0. The van der Waals surface area contributed by atoms with Gasteiger partial charge in [0.1, 0.15) is 0 Å². The zero-order chi connectivity index (χ0) is 17.8. The number of urea groups is 1. The van der Waals surface area contributed by atoms with Crippen molar-refractivity contribution in [3.63, 3.8) is 0 Å². The molecule has 132 valence electrons. The molecule has 5 nitrogen and oxygen atoms in total. The minimum Gasteiger partial charge on any atom is -0.365 e. The molecular weight excluding hydrogens is 379 g/mol. The van der Waals surface area contributed by atoms with Crippen LogP contribution in [0, 0.1) is 0 Å². The fourth-order valence-electron chi connectivity index (χ4n) is 2.74. The summed E-state index contributed by atoms with van der Waals surface area (Å²) in [4.78, 5) is 21.4. The molecule has 0 radical (unpaired) electrons. The highest BCUT2D eigenvalue weighted by atomic mass is 35.5. The number of anilines is 2. The van der Waals surface area contributed by atoms with Crippen molar-refractivity contribution in [2.24, 2.45) is 0 Å². The standard InChI is InChI=1S/C17H18Cl2N4OS/c1-25-13-4-2-3-12(9-13)21-17(24)23-7-5-22(6-8-23)16-14(18)10-20-11-15(16)19/h2-4,9-11H,5-8H2,1H3,(H,21,24). The zero-order valence-electron chi connectivity index (χ0n) is 13.7. The molecule has 8 heteroatoms. The van der Waals surface area contributed by atoms with E-state index in [2.05, 4.69) is 15.2 Å². The Morgan fingerprint density at radius 2 is 1.84 bits per heavy atom. The Morgan fingerprint density at radius 1 is 1.16 bits per heavy atom. The predicted octanol–water partition coefficient (Wildman–Crippen LogP) is 4.46.